The third kappa shape index (κ3) is 5.09. The van der Waals surface area contributed by atoms with Crippen molar-refractivity contribution in [3.05, 3.63) is 0 Å². The van der Waals surface area contributed by atoms with Crippen LogP contribution in [0.3, 0.4) is 0 Å². The van der Waals surface area contributed by atoms with Crippen LogP contribution >= 0.6 is 11.8 Å². The summed E-state index contributed by atoms with van der Waals surface area (Å²) in [4.78, 5) is 23.0. The van der Waals surface area contributed by atoms with Crippen molar-refractivity contribution in [1.82, 2.24) is 10.6 Å². The first-order chi connectivity index (χ1) is 9.85. The Morgan fingerprint density at radius 1 is 1.38 bits per heavy atom. The Labute approximate surface area is 130 Å². The molecule has 0 spiro atoms. The normalized spacial score (nSPS) is 28.0. The second kappa shape index (κ2) is 6.90. The van der Waals surface area contributed by atoms with E-state index in [2.05, 4.69) is 31.4 Å². The smallest absolute Gasteiger partial charge is 0.315 e. The number of hydrogen-bond acceptors (Lipinski definition) is 4. The van der Waals surface area contributed by atoms with Crippen molar-refractivity contribution >= 4 is 23.8 Å². The minimum atomic E-state index is -0.120. The van der Waals surface area contributed by atoms with Crippen molar-refractivity contribution in [3.63, 3.8) is 0 Å². The van der Waals surface area contributed by atoms with E-state index in [1.54, 1.807) is 0 Å². The standard InChI is InChI=1S/C15H26N2O3S/c1-15(2,3)7-4-8-20-12(18)6-5-11-13-10(9-21-11)16-14(19)17-13/h10-11,13H,4-9H2,1-3H3,(H2,16,17,19)/t10-,11?,13-/m0/s1. The predicted octanol–water partition coefficient (Wildman–Crippen LogP) is 2.30. The molecular formula is C15H26N2O3S. The number of urea groups is 1. The first-order valence-corrected chi connectivity index (χ1v) is 8.74. The van der Waals surface area contributed by atoms with E-state index in [4.69, 9.17) is 4.74 Å². The molecule has 1 unspecified atom stereocenters. The highest BCUT2D eigenvalue weighted by Crippen LogP contribution is 2.32. The Morgan fingerprint density at radius 2 is 2.14 bits per heavy atom. The first kappa shape index (κ1) is 16.5. The van der Waals surface area contributed by atoms with Gasteiger partial charge >= 0.3 is 12.0 Å². The van der Waals surface area contributed by atoms with Gasteiger partial charge in [0.25, 0.3) is 0 Å². The fraction of sp³-hybridized carbons (Fsp3) is 0.867. The van der Waals surface area contributed by atoms with Gasteiger partial charge in [-0.3, -0.25) is 4.79 Å². The highest BCUT2D eigenvalue weighted by atomic mass is 32.2. The second-order valence-electron chi connectivity index (χ2n) is 7.05. The van der Waals surface area contributed by atoms with E-state index < -0.39 is 0 Å². The Kier molecular flexibility index (Phi) is 5.41. The molecule has 6 heteroatoms. The molecule has 0 bridgehead atoms. The fourth-order valence-corrected chi connectivity index (χ4v) is 4.26. The maximum absolute atomic E-state index is 11.7. The van der Waals surface area contributed by atoms with Crippen LogP contribution in [0.5, 0.6) is 0 Å². The van der Waals surface area contributed by atoms with Crippen molar-refractivity contribution in [3.8, 4) is 0 Å². The fourth-order valence-electron chi connectivity index (χ4n) is 2.76. The molecule has 0 aromatic heterocycles. The zero-order valence-corrected chi connectivity index (χ0v) is 13.9. The van der Waals surface area contributed by atoms with Gasteiger partial charge in [-0.1, -0.05) is 20.8 Å². The van der Waals surface area contributed by atoms with E-state index in [0.717, 1.165) is 25.0 Å². The molecule has 2 rings (SSSR count). The summed E-state index contributed by atoms with van der Waals surface area (Å²) in [7, 11) is 0. The summed E-state index contributed by atoms with van der Waals surface area (Å²) in [5.41, 5.74) is 0.287. The zero-order chi connectivity index (χ0) is 15.5. The van der Waals surface area contributed by atoms with Crippen molar-refractivity contribution in [2.24, 2.45) is 5.41 Å². The summed E-state index contributed by atoms with van der Waals surface area (Å²) in [6.45, 7) is 7.07. The van der Waals surface area contributed by atoms with Crippen LogP contribution in [0.15, 0.2) is 0 Å². The monoisotopic (exact) mass is 314 g/mol. The number of carbonyl (C=O) groups is 2. The number of thioether (sulfide) groups is 1. The number of ether oxygens (including phenoxy) is 1. The average molecular weight is 314 g/mol. The predicted molar refractivity (Wildman–Crippen MR) is 84.4 cm³/mol. The van der Waals surface area contributed by atoms with Crippen molar-refractivity contribution in [1.29, 1.82) is 0 Å². The Morgan fingerprint density at radius 3 is 2.86 bits per heavy atom. The van der Waals surface area contributed by atoms with E-state index in [0.29, 0.717) is 18.3 Å². The third-order valence-corrected chi connectivity index (χ3v) is 5.41. The minimum absolute atomic E-state index is 0.0833. The van der Waals surface area contributed by atoms with Gasteiger partial charge in [0.1, 0.15) is 0 Å². The molecule has 3 atom stereocenters. The molecule has 0 aliphatic carbocycles. The number of rotatable bonds is 6. The molecule has 0 aromatic rings. The zero-order valence-electron chi connectivity index (χ0n) is 13.1. The summed E-state index contributed by atoms with van der Waals surface area (Å²) < 4.78 is 5.28. The lowest BCUT2D eigenvalue weighted by molar-refractivity contribution is -0.144. The number of fused-ring (bicyclic) bond motifs is 1. The first-order valence-electron chi connectivity index (χ1n) is 7.69. The van der Waals surface area contributed by atoms with Gasteiger partial charge in [0.15, 0.2) is 0 Å². The van der Waals surface area contributed by atoms with E-state index in [1.165, 1.54) is 0 Å². The number of esters is 1. The van der Waals surface area contributed by atoms with Gasteiger partial charge in [0.05, 0.1) is 18.7 Å². The lowest BCUT2D eigenvalue weighted by Crippen LogP contribution is -2.37. The Bertz CT molecular complexity index is 395. The van der Waals surface area contributed by atoms with Gasteiger partial charge in [-0.15, -0.1) is 0 Å². The summed E-state index contributed by atoms with van der Waals surface area (Å²) in [5.74, 6) is 0.805. The van der Waals surface area contributed by atoms with Crippen LogP contribution in [-0.4, -0.2) is 41.7 Å². The molecule has 2 saturated heterocycles. The minimum Gasteiger partial charge on any atom is -0.466 e. The van der Waals surface area contributed by atoms with E-state index in [-0.39, 0.29) is 29.5 Å². The van der Waals surface area contributed by atoms with Gasteiger partial charge in [0, 0.05) is 17.4 Å². The molecule has 120 valence electrons. The van der Waals surface area contributed by atoms with Gasteiger partial charge in [-0.05, 0) is 24.7 Å². The van der Waals surface area contributed by atoms with Gasteiger partial charge in [-0.2, -0.15) is 11.8 Å². The molecule has 0 saturated carbocycles. The molecule has 2 N–H and O–H groups in total. The highest BCUT2D eigenvalue weighted by Gasteiger charge is 2.42. The maximum atomic E-state index is 11.7. The molecular weight excluding hydrogens is 288 g/mol. The Balaban J connectivity index is 1.60. The van der Waals surface area contributed by atoms with Gasteiger partial charge in [0.2, 0.25) is 0 Å². The van der Waals surface area contributed by atoms with Gasteiger partial charge in [-0.25, -0.2) is 4.79 Å². The number of nitrogens with one attached hydrogen (secondary N) is 2. The molecule has 2 amide bonds. The quantitative estimate of drug-likeness (QED) is 0.448. The molecule has 2 aliphatic rings. The maximum Gasteiger partial charge on any atom is 0.315 e. The summed E-state index contributed by atoms with van der Waals surface area (Å²) in [6, 6.07) is 0.298. The van der Waals surface area contributed by atoms with Crippen LogP contribution in [0.25, 0.3) is 0 Å². The molecule has 2 aliphatic heterocycles. The van der Waals surface area contributed by atoms with E-state index in [9.17, 15) is 9.59 Å². The molecule has 0 aromatic carbocycles. The summed E-state index contributed by atoms with van der Waals surface area (Å²) >= 11 is 1.83. The van der Waals surface area contributed by atoms with Crippen molar-refractivity contribution in [2.45, 2.75) is 63.8 Å². The van der Waals surface area contributed by atoms with Crippen LogP contribution in [-0.2, 0) is 9.53 Å². The Hall–Kier alpha value is -0.910. The third-order valence-electron chi connectivity index (χ3n) is 3.91. The number of hydrogen-bond donors (Lipinski definition) is 2. The largest absolute Gasteiger partial charge is 0.466 e. The van der Waals surface area contributed by atoms with Crippen LogP contribution in [0.4, 0.5) is 4.79 Å². The average Bonchev–Trinajstić information content (AvgIpc) is 2.90. The van der Waals surface area contributed by atoms with Crippen LogP contribution in [0, 0.1) is 5.41 Å². The van der Waals surface area contributed by atoms with E-state index in [1.807, 2.05) is 11.8 Å². The van der Waals surface area contributed by atoms with Crippen LogP contribution in [0.2, 0.25) is 0 Å². The summed E-state index contributed by atoms with van der Waals surface area (Å²) in [5, 5.41) is 6.15. The SMILES string of the molecule is CC(C)(C)CCCOC(=O)CCC1SC[C@@H]2NC(=O)N[C@H]12. The van der Waals surface area contributed by atoms with E-state index >= 15 is 0 Å². The van der Waals surface area contributed by atoms with Crippen LogP contribution in [0.1, 0.15) is 46.5 Å². The molecule has 5 nitrogen and oxygen atoms in total. The number of carbonyl (C=O) groups excluding carboxylic acids is 2. The topological polar surface area (TPSA) is 67.4 Å². The highest BCUT2D eigenvalue weighted by molar-refractivity contribution is 8.00. The lowest BCUT2D eigenvalue weighted by Gasteiger charge is -2.18. The molecule has 2 fully saturated rings. The number of amides is 2. The molecule has 21 heavy (non-hydrogen) atoms. The molecule has 2 heterocycles. The van der Waals surface area contributed by atoms with Crippen molar-refractivity contribution in [2.75, 3.05) is 12.4 Å². The summed E-state index contributed by atoms with van der Waals surface area (Å²) in [6.07, 6.45) is 3.18. The second-order valence-corrected chi connectivity index (χ2v) is 8.32. The van der Waals surface area contributed by atoms with Crippen molar-refractivity contribution < 1.29 is 14.3 Å². The van der Waals surface area contributed by atoms with Crippen LogP contribution < -0.4 is 10.6 Å². The lowest BCUT2D eigenvalue weighted by atomic mass is 9.91. The van der Waals surface area contributed by atoms with Gasteiger partial charge < -0.3 is 15.4 Å². The molecule has 0 radical (unpaired) electrons.